The van der Waals surface area contributed by atoms with E-state index in [-0.39, 0.29) is 6.61 Å². The van der Waals surface area contributed by atoms with Crippen LogP contribution >= 0.6 is 0 Å². The summed E-state index contributed by atoms with van der Waals surface area (Å²) in [6.45, 7) is 1.03. The van der Waals surface area contributed by atoms with Gasteiger partial charge in [-0.1, -0.05) is 0 Å². The molecule has 92 valence electrons. The van der Waals surface area contributed by atoms with E-state index < -0.39 is 0 Å². The van der Waals surface area contributed by atoms with Crippen molar-refractivity contribution < 1.29 is 9.84 Å². The lowest BCUT2D eigenvalue weighted by Gasteiger charge is -2.09. The van der Waals surface area contributed by atoms with E-state index in [0.717, 1.165) is 37.2 Å². The Kier molecular flexibility index (Phi) is 5.91. The zero-order valence-corrected chi connectivity index (χ0v) is 10.1. The van der Waals surface area contributed by atoms with Gasteiger partial charge in [0, 0.05) is 19.2 Å². The Hall–Kier alpha value is -1.73. The van der Waals surface area contributed by atoms with Gasteiger partial charge in [0.05, 0.1) is 18.4 Å². The number of anilines is 1. The highest BCUT2D eigenvalue weighted by Gasteiger charge is 2.03. The molecule has 0 heterocycles. The van der Waals surface area contributed by atoms with E-state index in [1.54, 1.807) is 19.2 Å². The molecule has 0 spiro atoms. The van der Waals surface area contributed by atoms with Crippen LogP contribution in [0.1, 0.15) is 24.8 Å². The summed E-state index contributed by atoms with van der Waals surface area (Å²) in [5.41, 5.74) is 1.42. The minimum absolute atomic E-state index is 0.239. The van der Waals surface area contributed by atoms with Gasteiger partial charge in [-0.2, -0.15) is 5.26 Å². The number of aliphatic hydroxyl groups excluding tert-OH is 1. The number of hydrogen-bond donors (Lipinski definition) is 2. The number of aliphatic hydroxyl groups is 1. The van der Waals surface area contributed by atoms with Crippen molar-refractivity contribution in [1.82, 2.24) is 0 Å². The van der Waals surface area contributed by atoms with E-state index in [2.05, 4.69) is 11.4 Å². The van der Waals surface area contributed by atoms with Crippen LogP contribution in [0, 0.1) is 11.3 Å². The lowest BCUT2D eigenvalue weighted by molar-refractivity contribution is 0.283. The highest BCUT2D eigenvalue weighted by atomic mass is 16.5. The number of unbranched alkanes of at least 4 members (excludes halogenated alkanes) is 2. The van der Waals surface area contributed by atoms with Crippen molar-refractivity contribution in [3.63, 3.8) is 0 Å². The van der Waals surface area contributed by atoms with E-state index in [9.17, 15) is 0 Å². The minimum atomic E-state index is 0.239. The van der Waals surface area contributed by atoms with Crippen molar-refractivity contribution in [3.05, 3.63) is 23.8 Å². The van der Waals surface area contributed by atoms with Crippen LogP contribution in [0.15, 0.2) is 18.2 Å². The molecule has 1 aromatic carbocycles. The fraction of sp³-hybridized carbons (Fsp3) is 0.462. The Morgan fingerprint density at radius 1 is 1.35 bits per heavy atom. The molecule has 0 amide bonds. The summed E-state index contributed by atoms with van der Waals surface area (Å²) in [5, 5.41) is 20.8. The smallest absolute Gasteiger partial charge is 0.121 e. The van der Waals surface area contributed by atoms with E-state index in [1.807, 2.05) is 6.07 Å². The van der Waals surface area contributed by atoms with Crippen molar-refractivity contribution >= 4 is 5.69 Å². The summed E-state index contributed by atoms with van der Waals surface area (Å²) in [7, 11) is 1.60. The van der Waals surface area contributed by atoms with Crippen LogP contribution in [0.3, 0.4) is 0 Å². The van der Waals surface area contributed by atoms with Gasteiger partial charge >= 0.3 is 0 Å². The van der Waals surface area contributed by atoms with Crippen molar-refractivity contribution in [2.24, 2.45) is 0 Å². The fourth-order valence-corrected chi connectivity index (χ4v) is 1.53. The molecule has 0 saturated heterocycles. The minimum Gasteiger partial charge on any atom is -0.497 e. The van der Waals surface area contributed by atoms with Gasteiger partial charge in [0.2, 0.25) is 0 Å². The van der Waals surface area contributed by atoms with Crippen LogP contribution in [0.2, 0.25) is 0 Å². The number of rotatable bonds is 7. The fourth-order valence-electron chi connectivity index (χ4n) is 1.53. The van der Waals surface area contributed by atoms with Gasteiger partial charge in [0.25, 0.3) is 0 Å². The topological polar surface area (TPSA) is 65.3 Å². The van der Waals surface area contributed by atoms with E-state index in [1.165, 1.54) is 0 Å². The van der Waals surface area contributed by atoms with Gasteiger partial charge in [-0.15, -0.1) is 0 Å². The highest BCUT2D eigenvalue weighted by Crippen LogP contribution is 2.21. The van der Waals surface area contributed by atoms with Gasteiger partial charge in [-0.25, -0.2) is 0 Å². The third-order valence-electron chi connectivity index (χ3n) is 2.50. The Balaban J connectivity index is 2.53. The zero-order chi connectivity index (χ0) is 12.5. The molecule has 0 radical (unpaired) electrons. The Labute approximate surface area is 102 Å². The van der Waals surface area contributed by atoms with E-state index in [4.69, 9.17) is 15.1 Å². The molecule has 4 nitrogen and oxygen atoms in total. The van der Waals surface area contributed by atoms with Crippen LogP contribution in [0.5, 0.6) is 5.75 Å². The maximum absolute atomic E-state index is 8.96. The summed E-state index contributed by atoms with van der Waals surface area (Å²) in [6, 6.07) is 7.48. The van der Waals surface area contributed by atoms with Gasteiger partial charge in [-0.05, 0) is 31.4 Å². The molecule has 0 unspecified atom stereocenters. The third kappa shape index (κ3) is 4.33. The molecule has 0 saturated carbocycles. The molecule has 0 aliphatic rings. The number of nitrogens with one attached hydrogen (secondary N) is 1. The molecule has 0 fully saturated rings. The quantitative estimate of drug-likeness (QED) is 0.709. The summed E-state index contributed by atoms with van der Waals surface area (Å²) in [6.07, 6.45) is 2.78. The first-order valence-corrected chi connectivity index (χ1v) is 5.74. The lowest BCUT2D eigenvalue weighted by Crippen LogP contribution is -2.03. The second-order valence-corrected chi connectivity index (χ2v) is 3.73. The van der Waals surface area contributed by atoms with Crippen LogP contribution in [0.4, 0.5) is 5.69 Å². The Bertz CT molecular complexity index is 385. The molecule has 1 rings (SSSR count). The number of ether oxygens (including phenoxy) is 1. The predicted molar refractivity (Wildman–Crippen MR) is 67.1 cm³/mol. The van der Waals surface area contributed by atoms with Crippen molar-refractivity contribution in [3.8, 4) is 11.8 Å². The molecule has 2 N–H and O–H groups in total. The first-order valence-electron chi connectivity index (χ1n) is 5.74. The maximum Gasteiger partial charge on any atom is 0.121 e. The molecule has 0 aliphatic carbocycles. The number of nitriles is 1. The summed E-state index contributed by atoms with van der Waals surface area (Å²) in [4.78, 5) is 0. The molecule has 17 heavy (non-hydrogen) atoms. The van der Waals surface area contributed by atoms with Crippen LogP contribution in [-0.4, -0.2) is 25.4 Å². The summed E-state index contributed by atoms with van der Waals surface area (Å²) < 4.78 is 5.12. The molecular weight excluding hydrogens is 216 g/mol. The lowest BCUT2D eigenvalue weighted by atomic mass is 10.1. The van der Waals surface area contributed by atoms with E-state index in [0.29, 0.717) is 5.56 Å². The monoisotopic (exact) mass is 234 g/mol. The largest absolute Gasteiger partial charge is 0.497 e. The van der Waals surface area contributed by atoms with Crippen molar-refractivity contribution in [2.45, 2.75) is 19.3 Å². The predicted octanol–water partition coefficient (Wildman–Crippen LogP) is 2.14. The first kappa shape index (κ1) is 13.3. The van der Waals surface area contributed by atoms with Crippen molar-refractivity contribution in [2.75, 3.05) is 25.6 Å². The van der Waals surface area contributed by atoms with Gasteiger partial charge in [0.15, 0.2) is 0 Å². The average Bonchev–Trinajstić information content (AvgIpc) is 2.38. The van der Waals surface area contributed by atoms with Gasteiger partial charge in [0.1, 0.15) is 11.8 Å². The van der Waals surface area contributed by atoms with Crippen LogP contribution in [0.25, 0.3) is 0 Å². The summed E-state index contributed by atoms with van der Waals surface area (Å²) in [5.74, 6) is 0.738. The highest BCUT2D eigenvalue weighted by molar-refractivity contribution is 5.60. The molecule has 0 aliphatic heterocycles. The van der Waals surface area contributed by atoms with Crippen molar-refractivity contribution in [1.29, 1.82) is 5.26 Å². The van der Waals surface area contributed by atoms with E-state index >= 15 is 0 Å². The number of benzene rings is 1. The summed E-state index contributed by atoms with van der Waals surface area (Å²) >= 11 is 0. The number of hydrogen-bond acceptors (Lipinski definition) is 4. The zero-order valence-electron chi connectivity index (χ0n) is 10.1. The molecule has 0 atom stereocenters. The molecular formula is C13H18N2O2. The molecule has 4 heteroatoms. The third-order valence-corrected chi connectivity index (χ3v) is 2.50. The second-order valence-electron chi connectivity index (χ2n) is 3.73. The van der Waals surface area contributed by atoms with Gasteiger partial charge in [-0.3, -0.25) is 0 Å². The molecule has 0 aromatic heterocycles. The molecule has 1 aromatic rings. The maximum atomic E-state index is 8.96. The Morgan fingerprint density at radius 2 is 2.18 bits per heavy atom. The number of methoxy groups -OCH3 is 1. The average molecular weight is 234 g/mol. The SMILES string of the molecule is COc1ccc(C#N)c(NCCCCCO)c1. The van der Waals surface area contributed by atoms with Gasteiger partial charge < -0.3 is 15.2 Å². The standard InChI is InChI=1S/C13H18N2O2/c1-17-12-6-5-11(10-14)13(9-12)15-7-3-2-4-8-16/h5-6,9,15-16H,2-4,7-8H2,1H3. The normalized spacial score (nSPS) is 9.71. The Morgan fingerprint density at radius 3 is 2.82 bits per heavy atom. The molecule has 0 bridgehead atoms. The number of nitrogens with zero attached hydrogens (tertiary/aromatic N) is 1. The van der Waals surface area contributed by atoms with Crippen LogP contribution < -0.4 is 10.1 Å². The van der Waals surface area contributed by atoms with Crippen LogP contribution in [-0.2, 0) is 0 Å². The second kappa shape index (κ2) is 7.53. The first-order chi connectivity index (χ1) is 8.31.